The molecule has 0 saturated heterocycles. The number of thioether (sulfide) groups is 1. The van der Waals surface area contributed by atoms with Crippen LogP contribution >= 0.6 is 23.4 Å². The van der Waals surface area contributed by atoms with Crippen LogP contribution in [-0.2, 0) is 17.0 Å². The van der Waals surface area contributed by atoms with Crippen molar-refractivity contribution in [3.05, 3.63) is 70.5 Å². The summed E-state index contributed by atoms with van der Waals surface area (Å²) in [7, 11) is 0. The fraction of sp³-hybridized carbons (Fsp3) is 0.316. The molecule has 0 radical (unpaired) electrons. The number of hydrogen-bond acceptors (Lipinski definition) is 2. The van der Waals surface area contributed by atoms with Gasteiger partial charge in [-0.3, -0.25) is 4.79 Å². The Morgan fingerprint density at radius 1 is 1.21 bits per heavy atom. The molecular weight excluding hydrogens is 345 g/mol. The largest absolute Gasteiger partial charge is 0.353 e. The van der Waals surface area contributed by atoms with Crippen molar-refractivity contribution in [1.29, 1.82) is 0 Å². The van der Waals surface area contributed by atoms with Gasteiger partial charge < -0.3 is 5.32 Å². The minimum absolute atomic E-state index is 0.0342. The predicted molar refractivity (Wildman–Crippen MR) is 99.9 cm³/mol. The summed E-state index contributed by atoms with van der Waals surface area (Å²) < 4.78 is 13.6. The van der Waals surface area contributed by atoms with Gasteiger partial charge >= 0.3 is 0 Å². The number of carbonyl (C=O) groups is 1. The highest BCUT2D eigenvalue weighted by Crippen LogP contribution is 2.23. The Bertz CT molecular complexity index is 645. The minimum Gasteiger partial charge on any atom is -0.353 e. The molecule has 0 aliphatic carbocycles. The molecule has 0 aliphatic heterocycles. The quantitative estimate of drug-likeness (QED) is 0.724. The molecule has 1 amide bonds. The minimum atomic E-state index is -0.327. The molecule has 1 N–H and O–H groups in total. The van der Waals surface area contributed by atoms with E-state index in [1.165, 1.54) is 23.4 Å². The summed E-state index contributed by atoms with van der Waals surface area (Å²) in [4.78, 5) is 12.0. The van der Waals surface area contributed by atoms with E-state index in [1.807, 2.05) is 25.1 Å². The van der Waals surface area contributed by atoms with E-state index in [1.54, 1.807) is 12.1 Å². The summed E-state index contributed by atoms with van der Waals surface area (Å²) in [6.07, 6.45) is 1.82. The van der Waals surface area contributed by atoms with Crippen molar-refractivity contribution in [1.82, 2.24) is 5.32 Å². The highest BCUT2D eigenvalue weighted by atomic mass is 35.5. The smallest absolute Gasteiger partial charge is 0.230 e. The first-order chi connectivity index (χ1) is 11.6. The number of benzene rings is 2. The molecule has 1 atom stereocenters. The lowest BCUT2D eigenvalue weighted by Gasteiger charge is -2.14. The summed E-state index contributed by atoms with van der Waals surface area (Å²) in [5.74, 6) is 0.317. The first-order valence-corrected chi connectivity index (χ1v) is 9.43. The summed E-state index contributed by atoms with van der Waals surface area (Å²) >= 11 is 7.34. The maximum absolute atomic E-state index is 13.6. The van der Waals surface area contributed by atoms with Gasteiger partial charge in [-0.2, -0.15) is 0 Å². The molecule has 0 heterocycles. The summed E-state index contributed by atoms with van der Waals surface area (Å²) in [6.45, 7) is 2.00. The number of nitrogens with one attached hydrogen (secondary N) is 1. The third-order valence-electron chi connectivity index (χ3n) is 3.66. The van der Waals surface area contributed by atoms with Gasteiger partial charge in [-0.05, 0) is 37.5 Å². The Morgan fingerprint density at radius 2 is 1.96 bits per heavy atom. The average Bonchev–Trinajstić information content (AvgIpc) is 2.56. The normalized spacial score (nSPS) is 12.0. The second-order valence-corrected chi connectivity index (χ2v) is 7.08. The molecule has 0 aromatic heterocycles. The Hall–Kier alpha value is -1.52. The summed E-state index contributed by atoms with van der Waals surface area (Å²) in [6, 6.07) is 14.9. The molecular formula is C19H21ClFNOS. The average molecular weight is 366 g/mol. The predicted octanol–water partition coefficient (Wildman–Crippen LogP) is 4.85. The highest BCUT2D eigenvalue weighted by Gasteiger charge is 2.10. The molecule has 0 aliphatic rings. The first-order valence-electron chi connectivity index (χ1n) is 7.90. The van der Waals surface area contributed by atoms with E-state index in [0.29, 0.717) is 22.1 Å². The molecule has 0 bridgehead atoms. The Labute approximate surface area is 151 Å². The van der Waals surface area contributed by atoms with Crippen LogP contribution < -0.4 is 5.32 Å². The Kier molecular flexibility index (Phi) is 7.60. The van der Waals surface area contributed by atoms with Crippen molar-refractivity contribution in [2.75, 3.05) is 5.75 Å². The fourth-order valence-electron chi connectivity index (χ4n) is 2.33. The van der Waals surface area contributed by atoms with E-state index in [0.717, 1.165) is 12.8 Å². The number of hydrogen-bond donors (Lipinski definition) is 1. The van der Waals surface area contributed by atoms with Crippen molar-refractivity contribution in [3.63, 3.8) is 0 Å². The number of aryl methyl sites for hydroxylation is 1. The van der Waals surface area contributed by atoms with Gasteiger partial charge in [0.1, 0.15) is 5.82 Å². The third kappa shape index (κ3) is 6.17. The van der Waals surface area contributed by atoms with Crippen LogP contribution in [0.15, 0.2) is 48.5 Å². The fourth-order valence-corrected chi connectivity index (χ4v) is 3.51. The number of carbonyl (C=O) groups excluding carboxylic acids is 1. The molecule has 128 valence electrons. The summed E-state index contributed by atoms with van der Waals surface area (Å²) in [5.41, 5.74) is 1.72. The van der Waals surface area contributed by atoms with Crippen molar-refractivity contribution >= 4 is 29.3 Å². The molecule has 2 aromatic carbocycles. The van der Waals surface area contributed by atoms with E-state index >= 15 is 0 Å². The molecule has 2 nitrogen and oxygen atoms in total. The first kappa shape index (κ1) is 18.8. The van der Waals surface area contributed by atoms with E-state index in [-0.39, 0.29) is 17.8 Å². The molecule has 0 fully saturated rings. The molecule has 0 spiro atoms. The van der Waals surface area contributed by atoms with Crippen molar-refractivity contribution in [2.45, 2.75) is 31.6 Å². The van der Waals surface area contributed by atoms with Crippen molar-refractivity contribution in [3.8, 4) is 0 Å². The number of halogens is 2. The Balaban J connectivity index is 1.69. The van der Waals surface area contributed by atoms with Crippen LogP contribution in [0.1, 0.15) is 24.5 Å². The van der Waals surface area contributed by atoms with Crippen LogP contribution in [0.3, 0.4) is 0 Å². The van der Waals surface area contributed by atoms with Gasteiger partial charge in [0.05, 0.1) is 5.75 Å². The van der Waals surface area contributed by atoms with E-state index in [9.17, 15) is 9.18 Å². The van der Waals surface area contributed by atoms with Crippen molar-refractivity contribution < 1.29 is 9.18 Å². The van der Waals surface area contributed by atoms with E-state index in [4.69, 9.17) is 11.6 Å². The van der Waals surface area contributed by atoms with Crippen LogP contribution in [0.5, 0.6) is 0 Å². The van der Waals surface area contributed by atoms with Crippen molar-refractivity contribution in [2.24, 2.45) is 0 Å². The second kappa shape index (κ2) is 9.70. The van der Waals surface area contributed by atoms with E-state index < -0.39 is 0 Å². The molecule has 5 heteroatoms. The maximum Gasteiger partial charge on any atom is 0.230 e. The zero-order chi connectivity index (χ0) is 17.4. The second-order valence-electron chi connectivity index (χ2n) is 5.69. The lowest BCUT2D eigenvalue weighted by atomic mass is 10.1. The van der Waals surface area contributed by atoms with Crippen LogP contribution in [0.4, 0.5) is 4.39 Å². The Morgan fingerprint density at radius 3 is 2.67 bits per heavy atom. The maximum atomic E-state index is 13.6. The molecule has 2 aromatic rings. The van der Waals surface area contributed by atoms with Crippen LogP contribution in [0, 0.1) is 5.82 Å². The van der Waals surface area contributed by atoms with Crippen LogP contribution in [0.2, 0.25) is 5.02 Å². The van der Waals surface area contributed by atoms with Gasteiger partial charge in [-0.25, -0.2) is 4.39 Å². The third-order valence-corrected chi connectivity index (χ3v) is 4.97. The molecule has 24 heavy (non-hydrogen) atoms. The zero-order valence-electron chi connectivity index (χ0n) is 13.6. The zero-order valence-corrected chi connectivity index (χ0v) is 15.2. The number of rotatable bonds is 8. The van der Waals surface area contributed by atoms with Crippen LogP contribution in [-0.4, -0.2) is 17.7 Å². The van der Waals surface area contributed by atoms with E-state index in [2.05, 4.69) is 17.4 Å². The van der Waals surface area contributed by atoms with Gasteiger partial charge in [0.2, 0.25) is 5.91 Å². The highest BCUT2D eigenvalue weighted by molar-refractivity contribution is 7.99. The summed E-state index contributed by atoms with van der Waals surface area (Å²) in [5, 5.41) is 3.38. The molecule has 0 saturated carbocycles. The van der Waals surface area contributed by atoms with Gasteiger partial charge in [0.25, 0.3) is 0 Å². The number of amides is 1. The monoisotopic (exact) mass is 365 g/mol. The van der Waals surface area contributed by atoms with Gasteiger partial charge in [-0.1, -0.05) is 48.0 Å². The lowest BCUT2D eigenvalue weighted by molar-refractivity contribution is -0.119. The molecule has 2 rings (SSSR count). The van der Waals surface area contributed by atoms with Gasteiger partial charge in [0.15, 0.2) is 0 Å². The standard InChI is InChI=1S/C19H21ClFNOS/c1-14(10-11-15-6-3-2-4-7-15)22-19(23)13-24-12-16-17(20)8-5-9-18(16)21/h2-9,14H,10-13H2,1H3,(H,22,23)/t14-/m0/s1. The lowest BCUT2D eigenvalue weighted by Crippen LogP contribution is -2.34. The topological polar surface area (TPSA) is 29.1 Å². The molecule has 0 unspecified atom stereocenters. The van der Waals surface area contributed by atoms with Gasteiger partial charge in [0, 0.05) is 22.4 Å². The van der Waals surface area contributed by atoms with Gasteiger partial charge in [-0.15, -0.1) is 11.8 Å². The SMILES string of the molecule is C[C@@H](CCc1ccccc1)NC(=O)CSCc1c(F)cccc1Cl. The van der Waals surface area contributed by atoms with Crippen LogP contribution in [0.25, 0.3) is 0 Å².